The summed E-state index contributed by atoms with van der Waals surface area (Å²) < 4.78 is 0. The average molecular weight is 649 g/mol. The first-order valence-electron chi connectivity index (χ1n) is 0. The summed E-state index contributed by atoms with van der Waals surface area (Å²) in [4.78, 5) is 0. The molecule has 0 rings (SSSR count). The quantitative estimate of drug-likeness (QED) is 0.314. The molecule has 0 aliphatic rings. The van der Waals surface area contributed by atoms with Crippen LogP contribution in [-0.2, 0) is 91.5 Å². The van der Waals surface area contributed by atoms with Gasteiger partial charge in [0.05, 0.1) is 0 Å². The van der Waals surface area contributed by atoms with Gasteiger partial charge < -0.3 is 0 Å². The van der Waals surface area contributed by atoms with Crippen LogP contribution in [0.3, 0.4) is 0 Å². The molecule has 0 aliphatic carbocycles. The van der Waals surface area contributed by atoms with E-state index in [0.717, 1.165) is 0 Å². The number of hydrogen-bond acceptors (Lipinski definition) is 0. The van der Waals surface area contributed by atoms with Crippen molar-refractivity contribution in [1.82, 2.24) is 0 Å². The molecule has 5 heteroatoms. The topological polar surface area (TPSA) is 0 Å². The molecular formula is CdCuHgPbZn. The van der Waals surface area contributed by atoms with E-state index in [-0.39, 0.29) is 119 Å². The van der Waals surface area contributed by atoms with Crippen LogP contribution in [0.15, 0.2) is 0 Å². The summed E-state index contributed by atoms with van der Waals surface area (Å²) in [7, 11) is 0. The zero-order chi connectivity index (χ0) is 0. The third-order valence-corrected chi connectivity index (χ3v) is 0. The zero-order valence-corrected chi connectivity index (χ0v) is 20.3. The standard InChI is InChI=1S/Cd.Cu.Hg.Pb.Zn. The third kappa shape index (κ3) is 18.1. The zero-order valence-electron chi connectivity index (χ0n) is 2.92. The molecule has 0 nitrogen and oxygen atoms in total. The summed E-state index contributed by atoms with van der Waals surface area (Å²) in [5.41, 5.74) is 0. The second kappa shape index (κ2) is 24.7. The van der Waals surface area contributed by atoms with E-state index >= 15 is 0 Å². The van der Waals surface area contributed by atoms with E-state index in [1.54, 1.807) is 0 Å². The Hall–Kier alpha value is 3.92. The Bertz CT molecular complexity index is 11.6. The molecule has 21 valence electrons. The second-order valence-electron chi connectivity index (χ2n) is 0. The second-order valence-corrected chi connectivity index (χ2v) is 0. The fraction of sp³-hybridized carbons (Fsp3) is 0. The van der Waals surface area contributed by atoms with Gasteiger partial charge in [-0.25, -0.2) is 0 Å². The Balaban J connectivity index is 0. The molecule has 0 aromatic carbocycles. The first kappa shape index (κ1) is 36.4. The normalized spacial score (nSPS) is 0. The first-order valence-corrected chi connectivity index (χ1v) is 0. The number of rotatable bonds is 0. The molecule has 0 fully saturated rings. The molecule has 0 amide bonds. The van der Waals surface area contributed by atoms with Crippen molar-refractivity contribution in [3.8, 4) is 0 Å². The van der Waals surface area contributed by atoms with Crippen molar-refractivity contribution < 1.29 is 91.5 Å². The molecule has 0 N–H and O–H groups in total. The fourth-order valence-electron chi connectivity index (χ4n) is 0. The van der Waals surface area contributed by atoms with Crippen molar-refractivity contribution in [3.05, 3.63) is 0 Å². The maximum Gasteiger partial charge on any atom is 0 e. The third-order valence-electron chi connectivity index (χ3n) is 0. The maximum atomic E-state index is 0. The minimum atomic E-state index is 0. The van der Waals surface area contributed by atoms with Gasteiger partial charge in [0.25, 0.3) is 0 Å². The molecule has 0 atom stereocenters. The predicted octanol–water partition coefficient (Wildman–Crippen LogP) is -0.391. The van der Waals surface area contributed by atoms with Gasteiger partial charge >= 0.3 is 0 Å². The van der Waals surface area contributed by atoms with Gasteiger partial charge in [-0.3, -0.25) is 0 Å². The smallest absolute Gasteiger partial charge is 0 e. The predicted molar refractivity (Wildman–Crippen MR) is 5.75 cm³/mol. The Kier molecular flexibility index (Phi) is 180. The van der Waals surface area contributed by atoms with Gasteiger partial charge in [0, 0.05) is 119 Å². The van der Waals surface area contributed by atoms with Crippen molar-refractivity contribution in [2.24, 2.45) is 0 Å². The molecule has 5 radical (unpaired) electrons. The van der Waals surface area contributed by atoms with E-state index in [4.69, 9.17) is 0 Å². The Morgan fingerprint density at radius 3 is 1.00 bits per heavy atom. The summed E-state index contributed by atoms with van der Waals surface area (Å²) >= 11 is 0. The van der Waals surface area contributed by atoms with E-state index < -0.39 is 0 Å². The van der Waals surface area contributed by atoms with Gasteiger partial charge in [0.2, 0.25) is 0 Å². The van der Waals surface area contributed by atoms with E-state index in [1.165, 1.54) is 0 Å². The molecule has 0 saturated carbocycles. The fourth-order valence-corrected chi connectivity index (χ4v) is 0. The molecule has 0 aromatic rings. The van der Waals surface area contributed by atoms with Gasteiger partial charge in [0.1, 0.15) is 0 Å². The van der Waals surface area contributed by atoms with Crippen LogP contribution in [0.2, 0.25) is 0 Å². The molecule has 0 heterocycles. The summed E-state index contributed by atoms with van der Waals surface area (Å²) in [6.45, 7) is 0. The summed E-state index contributed by atoms with van der Waals surface area (Å²) in [5, 5.41) is 0. The Morgan fingerprint density at radius 1 is 1.00 bits per heavy atom. The largest absolute Gasteiger partial charge is 0 e. The van der Waals surface area contributed by atoms with Crippen molar-refractivity contribution in [2.45, 2.75) is 0 Å². The van der Waals surface area contributed by atoms with E-state index in [2.05, 4.69) is 0 Å². The summed E-state index contributed by atoms with van der Waals surface area (Å²) in [5.74, 6) is 0. The molecular weight excluding hydrogens is 649 g/mol. The van der Waals surface area contributed by atoms with Crippen LogP contribution in [0.1, 0.15) is 0 Å². The average Bonchev–Trinajstić information content (AvgIpc) is 0. The molecule has 0 aromatic heterocycles. The van der Waals surface area contributed by atoms with Crippen LogP contribution in [0, 0.1) is 0 Å². The SMILES string of the molecule is [Cd].[Cu].[Hg].[Pb].[Zn]. The van der Waals surface area contributed by atoms with E-state index in [0.29, 0.717) is 0 Å². The van der Waals surface area contributed by atoms with E-state index in [9.17, 15) is 0 Å². The van der Waals surface area contributed by atoms with Crippen LogP contribution in [0.4, 0.5) is 0 Å². The molecule has 0 bridgehead atoms. The van der Waals surface area contributed by atoms with Crippen LogP contribution in [0.25, 0.3) is 0 Å². The molecule has 5 heavy (non-hydrogen) atoms. The van der Waals surface area contributed by atoms with Crippen molar-refractivity contribution in [1.29, 1.82) is 0 Å². The van der Waals surface area contributed by atoms with Gasteiger partial charge in [-0.05, 0) is 0 Å². The van der Waals surface area contributed by atoms with Gasteiger partial charge in [0.15, 0.2) is 0 Å². The first-order chi connectivity index (χ1) is 0. The molecule has 0 spiro atoms. The molecule has 0 saturated heterocycles. The van der Waals surface area contributed by atoms with Crippen LogP contribution in [-0.4, -0.2) is 27.3 Å². The van der Waals surface area contributed by atoms with Gasteiger partial charge in [-0.1, -0.05) is 0 Å². The van der Waals surface area contributed by atoms with Crippen molar-refractivity contribution in [2.75, 3.05) is 0 Å². The number of hydrogen-bond donors (Lipinski definition) is 0. The van der Waals surface area contributed by atoms with Gasteiger partial charge in [-0.2, -0.15) is 0 Å². The summed E-state index contributed by atoms with van der Waals surface area (Å²) in [6, 6.07) is 0. The van der Waals surface area contributed by atoms with Crippen molar-refractivity contribution in [3.63, 3.8) is 0 Å². The maximum absolute atomic E-state index is 0. The van der Waals surface area contributed by atoms with Crippen LogP contribution < -0.4 is 0 Å². The molecule has 0 unspecified atom stereocenters. The van der Waals surface area contributed by atoms with Gasteiger partial charge in [-0.15, -0.1) is 0 Å². The van der Waals surface area contributed by atoms with Crippen molar-refractivity contribution >= 4 is 27.3 Å². The van der Waals surface area contributed by atoms with Crippen LogP contribution >= 0.6 is 0 Å². The summed E-state index contributed by atoms with van der Waals surface area (Å²) in [6.07, 6.45) is 0. The van der Waals surface area contributed by atoms with E-state index in [1.807, 2.05) is 0 Å². The minimum Gasteiger partial charge on any atom is 0 e. The Morgan fingerprint density at radius 2 is 1.00 bits per heavy atom. The molecule has 0 aliphatic heterocycles. The monoisotopic (exact) mass is 651 g/mol. The Labute approximate surface area is 116 Å². The minimum absolute atomic E-state index is 0. The van der Waals surface area contributed by atoms with Crippen LogP contribution in [0.5, 0.6) is 0 Å².